The molecular formula is C19H23N3O4S. The second-order valence-electron chi connectivity index (χ2n) is 6.61. The number of morpholine rings is 1. The fraction of sp³-hybridized carbons (Fsp3) is 0.474. The van der Waals surface area contributed by atoms with Gasteiger partial charge in [-0.2, -0.15) is 0 Å². The second kappa shape index (κ2) is 7.74. The number of hydrogen-bond acceptors (Lipinski definition) is 7. The molecular weight excluding hydrogens is 366 g/mol. The van der Waals surface area contributed by atoms with E-state index >= 15 is 0 Å². The Bertz CT molecular complexity index is 832. The summed E-state index contributed by atoms with van der Waals surface area (Å²) in [6, 6.07) is 5.62. The van der Waals surface area contributed by atoms with Crippen LogP contribution in [-0.2, 0) is 4.74 Å². The molecule has 1 aromatic heterocycles. The predicted octanol–water partition coefficient (Wildman–Crippen LogP) is 2.55. The summed E-state index contributed by atoms with van der Waals surface area (Å²) in [4.78, 5) is 20.2. The van der Waals surface area contributed by atoms with Crippen molar-refractivity contribution in [2.75, 3.05) is 44.4 Å². The first-order valence-corrected chi connectivity index (χ1v) is 9.94. The highest BCUT2D eigenvalue weighted by atomic mass is 32.1. The van der Waals surface area contributed by atoms with Gasteiger partial charge in [-0.1, -0.05) is 17.4 Å². The van der Waals surface area contributed by atoms with E-state index in [-0.39, 0.29) is 11.9 Å². The molecule has 3 heterocycles. The summed E-state index contributed by atoms with van der Waals surface area (Å²) in [6.45, 7) is 7.95. The van der Waals surface area contributed by atoms with E-state index in [1.54, 1.807) is 0 Å². The Labute approximate surface area is 162 Å². The van der Waals surface area contributed by atoms with Crippen molar-refractivity contribution in [2.24, 2.45) is 0 Å². The van der Waals surface area contributed by atoms with Crippen molar-refractivity contribution in [1.82, 2.24) is 10.3 Å². The van der Waals surface area contributed by atoms with Gasteiger partial charge in [0.15, 0.2) is 16.6 Å². The van der Waals surface area contributed by atoms with Crippen molar-refractivity contribution in [3.63, 3.8) is 0 Å². The number of aryl methyl sites for hydroxylation is 1. The smallest absolute Gasteiger partial charge is 0.263 e. The molecule has 8 heteroatoms. The van der Waals surface area contributed by atoms with Gasteiger partial charge in [0.1, 0.15) is 18.1 Å². The molecule has 1 aromatic carbocycles. The number of hydrogen-bond donors (Lipinski definition) is 1. The van der Waals surface area contributed by atoms with Gasteiger partial charge in [0.25, 0.3) is 5.91 Å². The lowest BCUT2D eigenvalue weighted by molar-refractivity contribution is 0.0943. The molecule has 0 saturated carbocycles. The number of anilines is 1. The van der Waals surface area contributed by atoms with Crippen molar-refractivity contribution >= 4 is 22.4 Å². The lowest BCUT2D eigenvalue weighted by Gasteiger charge is -2.26. The van der Waals surface area contributed by atoms with Crippen molar-refractivity contribution in [2.45, 2.75) is 19.9 Å². The highest BCUT2D eigenvalue weighted by molar-refractivity contribution is 7.17. The number of aromatic nitrogens is 1. The van der Waals surface area contributed by atoms with Gasteiger partial charge in [-0.15, -0.1) is 0 Å². The topological polar surface area (TPSA) is 72.9 Å². The first-order valence-electron chi connectivity index (χ1n) is 9.12. The third kappa shape index (κ3) is 3.86. The van der Waals surface area contributed by atoms with E-state index in [4.69, 9.17) is 14.2 Å². The van der Waals surface area contributed by atoms with Crippen LogP contribution in [0.5, 0.6) is 11.5 Å². The highest BCUT2D eigenvalue weighted by Crippen LogP contribution is 2.33. The molecule has 2 aliphatic heterocycles. The summed E-state index contributed by atoms with van der Waals surface area (Å²) in [7, 11) is 0. The SMILES string of the molecule is Cc1nc(N2CCOCC2)sc1C(=O)NC(C)c1ccc2c(c1)OCCO2. The number of nitrogens with one attached hydrogen (secondary N) is 1. The van der Waals surface area contributed by atoms with Crippen LogP contribution in [0.25, 0.3) is 0 Å². The van der Waals surface area contributed by atoms with Crippen LogP contribution in [0.3, 0.4) is 0 Å². The molecule has 144 valence electrons. The molecule has 2 aliphatic rings. The van der Waals surface area contributed by atoms with Crippen molar-refractivity contribution in [3.8, 4) is 11.5 Å². The summed E-state index contributed by atoms with van der Waals surface area (Å²) in [5, 5.41) is 3.95. The molecule has 1 unspecified atom stereocenters. The Hall–Kier alpha value is -2.32. The number of amides is 1. The first-order chi connectivity index (χ1) is 13.1. The van der Waals surface area contributed by atoms with Crippen LogP contribution in [0.15, 0.2) is 18.2 Å². The second-order valence-corrected chi connectivity index (χ2v) is 7.59. The Morgan fingerprint density at radius 3 is 2.70 bits per heavy atom. The van der Waals surface area contributed by atoms with Gasteiger partial charge in [0.05, 0.1) is 24.9 Å². The van der Waals surface area contributed by atoms with Crippen LogP contribution >= 0.6 is 11.3 Å². The third-order valence-corrected chi connectivity index (χ3v) is 5.90. The number of ether oxygens (including phenoxy) is 3. The van der Waals surface area contributed by atoms with Gasteiger partial charge in [-0.05, 0) is 31.5 Å². The average molecular weight is 389 g/mol. The van der Waals surface area contributed by atoms with Gasteiger partial charge < -0.3 is 24.4 Å². The molecule has 4 rings (SSSR count). The lowest BCUT2D eigenvalue weighted by atomic mass is 10.1. The number of fused-ring (bicyclic) bond motifs is 1. The quantitative estimate of drug-likeness (QED) is 0.866. The van der Waals surface area contributed by atoms with Crippen LogP contribution in [-0.4, -0.2) is 50.4 Å². The van der Waals surface area contributed by atoms with Gasteiger partial charge in [-0.25, -0.2) is 4.98 Å². The number of carbonyl (C=O) groups is 1. The average Bonchev–Trinajstić information content (AvgIpc) is 3.10. The molecule has 7 nitrogen and oxygen atoms in total. The van der Waals surface area contributed by atoms with E-state index in [0.29, 0.717) is 31.3 Å². The van der Waals surface area contributed by atoms with E-state index in [1.165, 1.54) is 11.3 Å². The minimum Gasteiger partial charge on any atom is -0.486 e. The molecule has 0 bridgehead atoms. The largest absolute Gasteiger partial charge is 0.486 e. The van der Waals surface area contributed by atoms with Gasteiger partial charge >= 0.3 is 0 Å². The zero-order valence-corrected chi connectivity index (χ0v) is 16.3. The van der Waals surface area contributed by atoms with Crippen molar-refractivity contribution < 1.29 is 19.0 Å². The Morgan fingerprint density at radius 2 is 1.93 bits per heavy atom. The van der Waals surface area contributed by atoms with Crippen LogP contribution in [0.2, 0.25) is 0 Å². The van der Waals surface area contributed by atoms with Crippen LogP contribution in [0.4, 0.5) is 5.13 Å². The van der Waals surface area contributed by atoms with Gasteiger partial charge in [-0.3, -0.25) is 4.79 Å². The summed E-state index contributed by atoms with van der Waals surface area (Å²) >= 11 is 1.44. The molecule has 0 radical (unpaired) electrons. The van der Waals surface area contributed by atoms with Gasteiger partial charge in [0.2, 0.25) is 0 Å². The predicted molar refractivity (Wildman–Crippen MR) is 103 cm³/mol. The summed E-state index contributed by atoms with van der Waals surface area (Å²) < 4.78 is 16.6. The third-order valence-electron chi connectivity index (χ3n) is 4.69. The molecule has 1 fully saturated rings. The first kappa shape index (κ1) is 18.1. The van der Waals surface area contributed by atoms with Crippen LogP contribution in [0.1, 0.15) is 33.9 Å². The maximum atomic E-state index is 12.8. The molecule has 0 spiro atoms. The van der Waals surface area contributed by atoms with Crippen LogP contribution in [0, 0.1) is 6.92 Å². The van der Waals surface area contributed by atoms with E-state index in [1.807, 2.05) is 32.0 Å². The number of rotatable bonds is 4. The zero-order valence-electron chi connectivity index (χ0n) is 15.5. The number of thiazole rings is 1. The van der Waals surface area contributed by atoms with Crippen LogP contribution < -0.4 is 19.7 Å². The number of nitrogens with zero attached hydrogens (tertiary/aromatic N) is 2. The molecule has 1 amide bonds. The van der Waals surface area contributed by atoms with Crippen molar-refractivity contribution in [1.29, 1.82) is 0 Å². The Morgan fingerprint density at radius 1 is 1.19 bits per heavy atom. The molecule has 0 aliphatic carbocycles. The molecule has 1 saturated heterocycles. The molecule has 2 aromatic rings. The Kier molecular flexibility index (Phi) is 5.18. The fourth-order valence-electron chi connectivity index (χ4n) is 3.16. The molecule has 27 heavy (non-hydrogen) atoms. The summed E-state index contributed by atoms with van der Waals surface area (Å²) in [5.74, 6) is 1.37. The minimum absolute atomic E-state index is 0.105. The molecule has 1 N–H and O–H groups in total. The van der Waals surface area contributed by atoms with Gasteiger partial charge in [0, 0.05) is 13.1 Å². The zero-order chi connectivity index (χ0) is 18.8. The normalized spacial score (nSPS) is 17.5. The van der Waals surface area contributed by atoms with Crippen molar-refractivity contribution in [3.05, 3.63) is 34.3 Å². The maximum absolute atomic E-state index is 12.8. The minimum atomic E-state index is -0.151. The fourth-order valence-corrected chi connectivity index (χ4v) is 4.18. The summed E-state index contributed by atoms with van der Waals surface area (Å²) in [6.07, 6.45) is 0. The van der Waals surface area contributed by atoms with E-state index in [0.717, 1.165) is 41.0 Å². The monoisotopic (exact) mass is 389 g/mol. The van der Waals surface area contributed by atoms with E-state index in [2.05, 4.69) is 15.2 Å². The van der Waals surface area contributed by atoms with E-state index < -0.39 is 0 Å². The lowest BCUT2D eigenvalue weighted by Crippen LogP contribution is -2.36. The maximum Gasteiger partial charge on any atom is 0.263 e. The standard InChI is InChI=1S/C19H23N3O4S/c1-12(14-3-4-15-16(11-14)26-10-9-25-15)20-18(23)17-13(2)21-19(27-17)22-5-7-24-8-6-22/h3-4,11-12H,5-10H2,1-2H3,(H,20,23). The highest BCUT2D eigenvalue weighted by Gasteiger charge is 2.22. The number of carbonyl (C=O) groups excluding carboxylic acids is 1. The van der Waals surface area contributed by atoms with E-state index in [9.17, 15) is 4.79 Å². The number of benzene rings is 1. The summed E-state index contributed by atoms with van der Waals surface area (Å²) in [5.41, 5.74) is 1.73. The Balaban J connectivity index is 1.46. The molecule has 1 atom stereocenters.